The van der Waals surface area contributed by atoms with Crippen LogP contribution in [0, 0.1) is 0 Å². The number of aromatic amines is 1. The van der Waals surface area contributed by atoms with Gasteiger partial charge in [0.15, 0.2) is 0 Å². The molecule has 2 aromatic heterocycles. The summed E-state index contributed by atoms with van der Waals surface area (Å²) >= 11 is 0. The Morgan fingerprint density at radius 3 is 2.59 bits per heavy atom. The highest BCUT2D eigenvalue weighted by molar-refractivity contribution is 5.93. The highest BCUT2D eigenvalue weighted by Crippen LogP contribution is 2.21. The molecule has 7 heteroatoms. The number of aromatic nitrogens is 3. The first-order chi connectivity index (χ1) is 14.2. The molecule has 150 valence electrons. The molecular formula is C22H25N5O2. The average molecular weight is 391 g/mol. The third-order valence-electron chi connectivity index (χ3n) is 5.26. The molecule has 1 amide bonds. The third-order valence-corrected chi connectivity index (χ3v) is 5.26. The van der Waals surface area contributed by atoms with Crippen LogP contribution < -0.4 is 4.74 Å². The summed E-state index contributed by atoms with van der Waals surface area (Å²) in [6.45, 7) is 4.15. The molecule has 0 unspecified atom stereocenters. The summed E-state index contributed by atoms with van der Waals surface area (Å²) in [7, 11) is 1.64. The fourth-order valence-electron chi connectivity index (χ4n) is 3.50. The molecule has 29 heavy (non-hydrogen) atoms. The van der Waals surface area contributed by atoms with E-state index >= 15 is 0 Å². The zero-order valence-electron chi connectivity index (χ0n) is 16.5. The van der Waals surface area contributed by atoms with Crippen LogP contribution in [0.4, 0.5) is 0 Å². The number of methoxy groups -OCH3 is 1. The topological polar surface area (TPSA) is 74.3 Å². The van der Waals surface area contributed by atoms with Gasteiger partial charge in [0.1, 0.15) is 11.4 Å². The summed E-state index contributed by atoms with van der Waals surface area (Å²) < 4.78 is 5.18. The van der Waals surface area contributed by atoms with Crippen LogP contribution >= 0.6 is 0 Å². The highest BCUT2D eigenvalue weighted by Gasteiger charge is 2.23. The quantitative estimate of drug-likeness (QED) is 0.699. The third kappa shape index (κ3) is 4.63. The second kappa shape index (κ2) is 8.87. The Hall–Kier alpha value is -3.19. The molecule has 0 atom stereocenters. The number of amides is 1. The van der Waals surface area contributed by atoms with Gasteiger partial charge < -0.3 is 9.64 Å². The van der Waals surface area contributed by atoms with E-state index in [1.54, 1.807) is 7.11 Å². The fraction of sp³-hybridized carbons (Fsp3) is 0.318. The van der Waals surface area contributed by atoms with Crippen molar-refractivity contribution in [1.82, 2.24) is 25.0 Å². The first kappa shape index (κ1) is 19.1. The summed E-state index contributed by atoms with van der Waals surface area (Å²) in [5.41, 5.74) is 3.33. The predicted octanol–water partition coefficient (Wildman–Crippen LogP) is 2.48. The van der Waals surface area contributed by atoms with Crippen molar-refractivity contribution in [3.05, 3.63) is 66.1 Å². The van der Waals surface area contributed by atoms with Crippen LogP contribution in [0.15, 0.2) is 54.7 Å². The van der Waals surface area contributed by atoms with Gasteiger partial charge in [-0.2, -0.15) is 5.10 Å². The number of ether oxygens (including phenoxy) is 1. The lowest BCUT2D eigenvalue weighted by Gasteiger charge is -2.34. The maximum Gasteiger partial charge on any atom is 0.271 e. The van der Waals surface area contributed by atoms with Gasteiger partial charge in [-0.3, -0.25) is 19.8 Å². The summed E-state index contributed by atoms with van der Waals surface area (Å²) in [5, 5.41) is 7.20. The number of carbonyl (C=O) groups excluding carboxylic acids is 1. The Kier molecular flexibility index (Phi) is 5.86. The monoisotopic (exact) mass is 391 g/mol. The molecule has 0 saturated carbocycles. The highest BCUT2D eigenvalue weighted by atomic mass is 16.5. The van der Waals surface area contributed by atoms with Gasteiger partial charge in [0.2, 0.25) is 0 Å². The molecule has 0 aliphatic carbocycles. The van der Waals surface area contributed by atoms with Gasteiger partial charge in [-0.15, -0.1) is 0 Å². The molecule has 3 heterocycles. The molecule has 1 N–H and O–H groups in total. The van der Waals surface area contributed by atoms with Gasteiger partial charge in [0.25, 0.3) is 5.91 Å². The Morgan fingerprint density at radius 2 is 1.90 bits per heavy atom. The Bertz CT molecular complexity index is 931. The Balaban J connectivity index is 1.31. The molecule has 1 saturated heterocycles. The van der Waals surface area contributed by atoms with Crippen molar-refractivity contribution in [3.63, 3.8) is 0 Å². The predicted molar refractivity (Wildman–Crippen MR) is 111 cm³/mol. The fourth-order valence-corrected chi connectivity index (χ4v) is 3.50. The number of H-pyrrole nitrogens is 1. The van der Waals surface area contributed by atoms with E-state index in [1.165, 1.54) is 0 Å². The smallest absolute Gasteiger partial charge is 0.271 e. The molecule has 0 spiro atoms. The Labute approximate surface area is 170 Å². The SMILES string of the molecule is COc1ccc(-c2cc(C(=O)N3CCN(CCc4ccccn4)CC3)[nH]n2)cc1. The van der Waals surface area contributed by atoms with Crippen molar-refractivity contribution in [1.29, 1.82) is 0 Å². The number of pyridine rings is 1. The minimum atomic E-state index is 0.00152. The van der Waals surface area contributed by atoms with E-state index in [1.807, 2.05) is 53.6 Å². The molecule has 1 aliphatic heterocycles. The minimum absolute atomic E-state index is 0.00152. The van der Waals surface area contributed by atoms with Crippen molar-refractivity contribution in [2.24, 2.45) is 0 Å². The standard InChI is InChI=1S/C22H25N5O2/c1-29-19-7-5-17(6-8-19)20-16-21(25-24-20)22(28)27-14-12-26(13-15-27)11-9-18-4-2-3-10-23-18/h2-8,10,16H,9,11-15H2,1H3,(H,24,25). The molecule has 0 bridgehead atoms. The zero-order chi connectivity index (χ0) is 20.1. The van der Waals surface area contributed by atoms with Gasteiger partial charge in [0.05, 0.1) is 12.8 Å². The van der Waals surface area contributed by atoms with Crippen LogP contribution in [0.1, 0.15) is 16.2 Å². The van der Waals surface area contributed by atoms with Crippen molar-refractivity contribution < 1.29 is 9.53 Å². The van der Waals surface area contributed by atoms with Crippen LogP contribution in [0.3, 0.4) is 0 Å². The van der Waals surface area contributed by atoms with E-state index in [0.717, 1.165) is 61.8 Å². The second-order valence-corrected chi connectivity index (χ2v) is 7.10. The summed E-state index contributed by atoms with van der Waals surface area (Å²) in [5.74, 6) is 0.795. The van der Waals surface area contributed by atoms with E-state index in [0.29, 0.717) is 5.69 Å². The number of rotatable bonds is 6. The van der Waals surface area contributed by atoms with Crippen molar-refractivity contribution in [2.45, 2.75) is 6.42 Å². The molecule has 3 aromatic rings. The van der Waals surface area contributed by atoms with Gasteiger partial charge in [-0.25, -0.2) is 0 Å². The number of carbonyl (C=O) groups is 1. The number of hydrogen-bond acceptors (Lipinski definition) is 5. The first-order valence-corrected chi connectivity index (χ1v) is 9.84. The van der Waals surface area contributed by atoms with Crippen LogP contribution in [0.2, 0.25) is 0 Å². The largest absolute Gasteiger partial charge is 0.497 e. The van der Waals surface area contributed by atoms with E-state index in [-0.39, 0.29) is 5.91 Å². The average Bonchev–Trinajstić information content (AvgIpc) is 3.29. The number of hydrogen-bond donors (Lipinski definition) is 1. The number of benzene rings is 1. The maximum atomic E-state index is 12.8. The van der Waals surface area contributed by atoms with Gasteiger partial charge in [-0.05, 0) is 42.5 Å². The molecule has 4 rings (SSSR count). The lowest BCUT2D eigenvalue weighted by Crippen LogP contribution is -2.49. The van der Waals surface area contributed by atoms with Crippen LogP contribution in [-0.4, -0.2) is 70.7 Å². The minimum Gasteiger partial charge on any atom is -0.497 e. The second-order valence-electron chi connectivity index (χ2n) is 7.10. The first-order valence-electron chi connectivity index (χ1n) is 9.84. The van der Waals surface area contributed by atoms with E-state index in [4.69, 9.17) is 4.74 Å². The van der Waals surface area contributed by atoms with E-state index in [9.17, 15) is 4.79 Å². The van der Waals surface area contributed by atoms with Gasteiger partial charge in [-0.1, -0.05) is 6.07 Å². The summed E-state index contributed by atoms with van der Waals surface area (Å²) in [6.07, 6.45) is 2.76. The molecule has 1 fully saturated rings. The van der Waals surface area contributed by atoms with Gasteiger partial charge in [0, 0.05) is 56.6 Å². The number of piperazine rings is 1. The molecular weight excluding hydrogens is 366 g/mol. The van der Waals surface area contributed by atoms with Crippen molar-refractivity contribution in [2.75, 3.05) is 39.8 Å². The molecule has 7 nitrogen and oxygen atoms in total. The van der Waals surface area contributed by atoms with Gasteiger partial charge >= 0.3 is 0 Å². The van der Waals surface area contributed by atoms with E-state index < -0.39 is 0 Å². The lowest BCUT2D eigenvalue weighted by molar-refractivity contribution is 0.0632. The number of nitrogens with zero attached hydrogens (tertiary/aromatic N) is 4. The van der Waals surface area contributed by atoms with E-state index in [2.05, 4.69) is 26.1 Å². The molecule has 1 aromatic carbocycles. The maximum absolute atomic E-state index is 12.8. The summed E-state index contributed by atoms with van der Waals surface area (Å²) in [4.78, 5) is 21.5. The van der Waals surface area contributed by atoms with Crippen LogP contribution in [-0.2, 0) is 6.42 Å². The van der Waals surface area contributed by atoms with Crippen molar-refractivity contribution >= 4 is 5.91 Å². The van der Waals surface area contributed by atoms with Crippen LogP contribution in [0.5, 0.6) is 5.75 Å². The van der Waals surface area contributed by atoms with Crippen molar-refractivity contribution in [3.8, 4) is 17.0 Å². The normalized spacial score (nSPS) is 14.7. The lowest BCUT2D eigenvalue weighted by atomic mass is 10.1. The van der Waals surface area contributed by atoms with Crippen LogP contribution in [0.25, 0.3) is 11.3 Å². The molecule has 1 aliphatic rings. The summed E-state index contributed by atoms with van der Waals surface area (Å²) in [6, 6.07) is 15.5. The zero-order valence-corrected chi connectivity index (χ0v) is 16.5. The molecule has 0 radical (unpaired) electrons. The Morgan fingerprint density at radius 1 is 1.10 bits per heavy atom. The number of nitrogens with one attached hydrogen (secondary N) is 1.